The number of aliphatic hydroxyl groups excluding tert-OH is 1. The third kappa shape index (κ3) is 2.85. The average Bonchev–Trinajstić information content (AvgIpc) is 2.95. The number of carbonyl (C=O) groups excluding carboxylic acids is 2. The number of carboxylic acids is 1. The number of fused-ring (bicyclic) bond motifs is 1. The van der Waals surface area contributed by atoms with Crippen LogP contribution in [0, 0.1) is 5.41 Å². The second-order valence-electron chi connectivity index (χ2n) is 5.26. The Labute approximate surface area is 143 Å². The first-order valence-corrected chi connectivity index (χ1v) is 8.86. The molecule has 1 aromatic rings. The first-order valence-electron chi connectivity index (χ1n) is 6.94. The summed E-state index contributed by atoms with van der Waals surface area (Å²) >= 11 is 2.47. The van der Waals surface area contributed by atoms with Gasteiger partial charge in [0.05, 0.1) is 13.0 Å². The number of thioether (sulfide) groups is 1. The van der Waals surface area contributed by atoms with Gasteiger partial charge in [-0.25, -0.2) is 4.79 Å². The van der Waals surface area contributed by atoms with Crippen LogP contribution >= 0.6 is 23.1 Å². The Hall–Kier alpha value is -2.11. The minimum absolute atomic E-state index is 0.0140. The molecule has 128 valence electrons. The third-order valence-corrected chi connectivity index (χ3v) is 5.78. The zero-order valence-corrected chi connectivity index (χ0v) is 13.9. The van der Waals surface area contributed by atoms with E-state index in [-0.39, 0.29) is 28.4 Å². The molecule has 0 unspecified atom stereocenters. The predicted molar refractivity (Wildman–Crippen MR) is 85.0 cm³/mol. The highest BCUT2D eigenvalue weighted by atomic mass is 32.2. The van der Waals surface area contributed by atoms with Crippen LogP contribution in [-0.2, 0) is 20.8 Å². The standard InChI is InChI=1S/C13H14N4O5S2/c14-13-15-6(4-24-13)1-7(19)16-8-10(20)17-9(12(21)22)5(2-18)3-23-11(8)17/h4,8,11,18H,1-3H2,(H2,14,15)(H,16,19)(H,21,22)/t8-,11+/m1/s1. The number of amides is 2. The molecule has 0 bridgehead atoms. The molecule has 5 N–H and O–H groups in total. The van der Waals surface area contributed by atoms with Crippen molar-refractivity contribution in [2.75, 3.05) is 12.4 Å². The van der Waals surface area contributed by atoms with Crippen LogP contribution < -0.4 is 10.1 Å². The number of rotatable bonds is 5. The number of aromatic nitrogens is 1. The van der Waals surface area contributed by atoms with Crippen molar-refractivity contribution in [1.82, 2.24) is 15.2 Å². The molecule has 3 heterocycles. The van der Waals surface area contributed by atoms with Gasteiger partial charge in [-0.3, -0.25) is 19.9 Å². The van der Waals surface area contributed by atoms with E-state index >= 15 is 0 Å². The van der Waals surface area contributed by atoms with Gasteiger partial charge in [-0.1, -0.05) is 0 Å². The molecular weight excluding hydrogens is 356 g/mol. The monoisotopic (exact) mass is 370 g/mol. The van der Waals surface area contributed by atoms with Crippen LogP contribution in [0.5, 0.6) is 0 Å². The number of carboxylic acid groups (broad SMARTS) is 1. The van der Waals surface area contributed by atoms with Crippen molar-refractivity contribution in [1.29, 1.82) is 5.41 Å². The zero-order chi connectivity index (χ0) is 17.4. The van der Waals surface area contributed by atoms with Gasteiger partial charge >= 0.3 is 5.97 Å². The van der Waals surface area contributed by atoms with Crippen molar-refractivity contribution in [2.24, 2.45) is 0 Å². The maximum atomic E-state index is 12.2. The molecule has 1 saturated heterocycles. The second-order valence-corrected chi connectivity index (χ2v) is 7.25. The molecule has 1 aromatic heterocycles. The van der Waals surface area contributed by atoms with E-state index in [0.717, 1.165) is 4.90 Å². The molecule has 11 heteroatoms. The lowest BCUT2D eigenvalue weighted by Gasteiger charge is -2.49. The highest BCUT2D eigenvalue weighted by Gasteiger charge is 2.54. The van der Waals surface area contributed by atoms with E-state index in [1.165, 1.54) is 23.1 Å². The summed E-state index contributed by atoms with van der Waals surface area (Å²) in [5.41, 5.74) is 0.676. The van der Waals surface area contributed by atoms with Crippen LogP contribution in [0.25, 0.3) is 0 Å². The Morgan fingerprint density at radius 3 is 2.83 bits per heavy atom. The summed E-state index contributed by atoms with van der Waals surface area (Å²) in [5.74, 6) is -1.85. The molecular formula is C13H14N4O5S2. The van der Waals surface area contributed by atoms with Crippen LogP contribution in [0.3, 0.4) is 0 Å². The van der Waals surface area contributed by atoms with E-state index in [2.05, 4.69) is 10.3 Å². The Bertz CT molecular complexity index is 798. The third-order valence-electron chi connectivity index (χ3n) is 3.70. The summed E-state index contributed by atoms with van der Waals surface area (Å²) < 4.78 is 0. The van der Waals surface area contributed by atoms with Gasteiger partial charge in [0.1, 0.15) is 17.1 Å². The highest BCUT2D eigenvalue weighted by molar-refractivity contribution is 8.00. The fourth-order valence-corrected chi connectivity index (χ4v) is 4.55. The normalized spacial score (nSPS) is 22.9. The number of H-pyrrole nitrogens is 1. The van der Waals surface area contributed by atoms with Gasteiger partial charge < -0.3 is 20.5 Å². The lowest BCUT2D eigenvalue weighted by atomic mass is 10.0. The van der Waals surface area contributed by atoms with Crippen LogP contribution in [0.2, 0.25) is 0 Å². The van der Waals surface area contributed by atoms with Crippen LogP contribution in [0.1, 0.15) is 5.69 Å². The SMILES string of the molecule is N=c1[nH]c(CC(=O)N[C@@H]2C(=O)N3C(C(=O)O)=C(CO)CS[C@@H]23)cs1. The molecule has 0 radical (unpaired) electrons. The maximum absolute atomic E-state index is 12.2. The van der Waals surface area contributed by atoms with Gasteiger partial charge in [0.15, 0.2) is 4.80 Å². The van der Waals surface area contributed by atoms with Crippen molar-refractivity contribution in [3.8, 4) is 0 Å². The average molecular weight is 370 g/mol. The number of aliphatic carboxylic acids is 1. The Morgan fingerprint density at radius 2 is 2.25 bits per heavy atom. The lowest BCUT2D eigenvalue weighted by molar-refractivity contribution is -0.150. The predicted octanol–water partition coefficient (Wildman–Crippen LogP) is -1.17. The first kappa shape index (κ1) is 16.7. The summed E-state index contributed by atoms with van der Waals surface area (Å²) in [5, 5.41) is 29.7. The topological polar surface area (TPSA) is 147 Å². The number of hydrogen-bond donors (Lipinski definition) is 5. The lowest BCUT2D eigenvalue weighted by Crippen LogP contribution is -2.70. The zero-order valence-electron chi connectivity index (χ0n) is 12.2. The van der Waals surface area contributed by atoms with E-state index in [9.17, 15) is 24.6 Å². The maximum Gasteiger partial charge on any atom is 0.352 e. The van der Waals surface area contributed by atoms with Crippen molar-refractivity contribution < 1.29 is 24.6 Å². The number of β-lactam (4-membered cyclic amide) rings is 1. The molecule has 0 aromatic carbocycles. The van der Waals surface area contributed by atoms with E-state index in [4.69, 9.17) is 5.41 Å². The Kier molecular flexibility index (Phi) is 4.47. The van der Waals surface area contributed by atoms with Crippen molar-refractivity contribution in [3.63, 3.8) is 0 Å². The molecule has 0 aliphatic carbocycles. The molecule has 0 spiro atoms. The van der Waals surface area contributed by atoms with E-state index in [1.54, 1.807) is 5.38 Å². The largest absolute Gasteiger partial charge is 0.477 e. The summed E-state index contributed by atoms with van der Waals surface area (Å²) in [6.45, 7) is -0.425. The first-order chi connectivity index (χ1) is 11.4. The van der Waals surface area contributed by atoms with Gasteiger partial charge in [-0.2, -0.15) is 0 Å². The fraction of sp³-hybridized carbons (Fsp3) is 0.385. The van der Waals surface area contributed by atoms with Gasteiger partial charge in [0.25, 0.3) is 5.91 Å². The quantitative estimate of drug-likeness (QED) is 0.413. The number of aromatic amines is 1. The number of hydrogen-bond acceptors (Lipinski definition) is 7. The Balaban J connectivity index is 1.69. The van der Waals surface area contributed by atoms with E-state index in [1.807, 2.05) is 0 Å². The second kappa shape index (κ2) is 6.42. The molecule has 0 saturated carbocycles. The van der Waals surface area contributed by atoms with E-state index in [0.29, 0.717) is 11.4 Å². The molecule has 2 atom stereocenters. The summed E-state index contributed by atoms with van der Waals surface area (Å²) in [6.07, 6.45) is 0.0140. The molecule has 1 fully saturated rings. The van der Waals surface area contributed by atoms with Crippen LogP contribution in [-0.4, -0.2) is 61.7 Å². The molecule has 2 aliphatic heterocycles. The van der Waals surface area contributed by atoms with Crippen molar-refractivity contribution in [3.05, 3.63) is 27.1 Å². The Morgan fingerprint density at radius 1 is 1.50 bits per heavy atom. The van der Waals surface area contributed by atoms with Crippen molar-refractivity contribution >= 4 is 40.9 Å². The number of nitrogens with one attached hydrogen (secondary N) is 3. The van der Waals surface area contributed by atoms with E-state index < -0.39 is 29.9 Å². The summed E-state index contributed by atoms with van der Waals surface area (Å²) in [6, 6.07) is -0.786. The molecule has 2 aliphatic rings. The van der Waals surface area contributed by atoms with Gasteiger partial charge in [0, 0.05) is 16.8 Å². The minimum atomic E-state index is -1.27. The van der Waals surface area contributed by atoms with Crippen LogP contribution in [0.15, 0.2) is 16.7 Å². The molecule has 3 rings (SSSR count). The number of nitrogens with zero attached hydrogens (tertiary/aromatic N) is 1. The van der Waals surface area contributed by atoms with Crippen LogP contribution in [0.4, 0.5) is 0 Å². The fourth-order valence-electron chi connectivity index (χ4n) is 2.62. The van der Waals surface area contributed by atoms with Crippen molar-refractivity contribution in [2.45, 2.75) is 17.8 Å². The van der Waals surface area contributed by atoms with Gasteiger partial charge in [-0.15, -0.1) is 23.1 Å². The molecule has 24 heavy (non-hydrogen) atoms. The van der Waals surface area contributed by atoms with Gasteiger partial charge in [-0.05, 0) is 5.57 Å². The molecule has 2 amide bonds. The number of aliphatic hydroxyl groups is 1. The smallest absolute Gasteiger partial charge is 0.352 e. The molecule has 9 nitrogen and oxygen atoms in total. The summed E-state index contributed by atoms with van der Waals surface area (Å²) in [4.78, 5) is 39.7. The highest BCUT2D eigenvalue weighted by Crippen LogP contribution is 2.40. The van der Waals surface area contributed by atoms with Gasteiger partial charge in [0.2, 0.25) is 5.91 Å². The summed E-state index contributed by atoms with van der Waals surface area (Å²) in [7, 11) is 0. The number of carbonyl (C=O) groups is 3. The number of thiazole rings is 1. The minimum Gasteiger partial charge on any atom is -0.477 e.